The summed E-state index contributed by atoms with van der Waals surface area (Å²) in [6.45, 7) is 8.38. The molecule has 0 aliphatic heterocycles. The molecule has 2 atom stereocenters. The van der Waals surface area contributed by atoms with E-state index in [9.17, 15) is 19.2 Å². The molecule has 0 fully saturated rings. The third-order valence-electron chi connectivity index (χ3n) is 5.75. The minimum absolute atomic E-state index is 0.000224. The van der Waals surface area contributed by atoms with Crippen LogP contribution in [0.15, 0.2) is 18.2 Å². The maximum atomic E-state index is 12.4. The highest BCUT2D eigenvalue weighted by Crippen LogP contribution is 2.30. The maximum absolute atomic E-state index is 12.4. The second-order valence-electron chi connectivity index (χ2n) is 9.09. The number of ether oxygens (including phenoxy) is 5. The van der Waals surface area contributed by atoms with Crippen molar-refractivity contribution in [2.24, 2.45) is 5.92 Å². The maximum Gasteiger partial charge on any atom is 0.508 e. The van der Waals surface area contributed by atoms with Crippen LogP contribution >= 0.6 is 0 Å². The van der Waals surface area contributed by atoms with Crippen molar-refractivity contribution in [3.63, 3.8) is 0 Å². The van der Waals surface area contributed by atoms with E-state index in [0.29, 0.717) is 18.4 Å². The molecule has 1 aromatic carbocycles. The van der Waals surface area contributed by atoms with Gasteiger partial charge in [-0.15, -0.1) is 0 Å². The zero-order valence-electron chi connectivity index (χ0n) is 23.3. The van der Waals surface area contributed by atoms with Gasteiger partial charge in [0.25, 0.3) is 0 Å². The predicted molar refractivity (Wildman–Crippen MR) is 141 cm³/mol. The zero-order valence-corrected chi connectivity index (χ0v) is 23.3. The molecule has 0 radical (unpaired) electrons. The lowest BCUT2D eigenvalue weighted by Gasteiger charge is -2.18. The normalized spacial score (nSPS) is 12.2. The topological polar surface area (TPSA) is 126 Å². The highest BCUT2D eigenvalue weighted by molar-refractivity contribution is 5.77. The first kappa shape index (κ1) is 32.9. The van der Waals surface area contributed by atoms with Crippen LogP contribution < -0.4 is 14.8 Å². The van der Waals surface area contributed by atoms with Gasteiger partial charge in [-0.2, -0.15) is 0 Å². The van der Waals surface area contributed by atoms with E-state index in [1.165, 1.54) is 7.11 Å². The number of unbranched alkanes of at least 4 members (excludes halogenated alkanes) is 2. The molecule has 10 nitrogen and oxygen atoms in total. The van der Waals surface area contributed by atoms with Gasteiger partial charge in [-0.05, 0) is 42.9 Å². The van der Waals surface area contributed by atoms with Crippen LogP contribution in [-0.4, -0.2) is 57.0 Å². The number of nitrogens with one attached hydrogen (secondary N) is 1. The molecule has 1 unspecified atom stereocenters. The highest BCUT2D eigenvalue weighted by atomic mass is 16.7. The monoisotopic (exact) mass is 537 g/mol. The van der Waals surface area contributed by atoms with Gasteiger partial charge in [0.05, 0.1) is 13.7 Å². The van der Waals surface area contributed by atoms with Gasteiger partial charge in [0.1, 0.15) is 12.6 Å². The molecule has 214 valence electrons. The Hall–Kier alpha value is -3.14. The lowest BCUT2D eigenvalue weighted by molar-refractivity contribution is -0.143. The molecule has 0 aromatic heterocycles. The van der Waals surface area contributed by atoms with Crippen LogP contribution in [0.2, 0.25) is 0 Å². The summed E-state index contributed by atoms with van der Waals surface area (Å²) in [7, 11) is 1.28. The minimum atomic E-state index is -0.764. The second kappa shape index (κ2) is 19.0. The van der Waals surface area contributed by atoms with Crippen LogP contribution in [0.3, 0.4) is 0 Å². The zero-order chi connectivity index (χ0) is 28.3. The largest absolute Gasteiger partial charge is 0.508 e. The Kier molecular flexibility index (Phi) is 16.4. The lowest BCUT2D eigenvalue weighted by Crippen LogP contribution is -2.41. The summed E-state index contributed by atoms with van der Waals surface area (Å²) in [5.41, 5.74) is 0.647. The fraction of sp³-hybridized carbons (Fsp3) is 0.643. The van der Waals surface area contributed by atoms with Gasteiger partial charge >= 0.3 is 24.1 Å². The number of rotatable bonds is 18. The number of carbonyl (C=O) groups is 4. The van der Waals surface area contributed by atoms with Crippen LogP contribution in [0.5, 0.6) is 11.5 Å². The molecule has 0 amide bonds. The van der Waals surface area contributed by atoms with Crippen LogP contribution in [0.1, 0.15) is 78.2 Å². The average molecular weight is 538 g/mol. The third kappa shape index (κ3) is 13.4. The Bertz CT molecular complexity index is 887. The van der Waals surface area contributed by atoms with Gasteiger partial charge < -0.3 is 29.0 Å². The Morgan fingerprint density at radius 2 is 1.53 bits per heavy atom. The fourth-order valence-electron chi connectivity index (χ4n) is 3.19. The lowest BCUT2D eigenvalue weighted by atomic mass is 10.1. The van der Waals surface area contributed by atoms with Crippen molar-refractivity contribution in [1.82, 2.24) is 5.32 Å². The summed E-state index contributed by atoms with van der Waals surface area (Å²) in [6, 6.07) is 4.05. The molecule has 10 heteroatoms. The number of hydrogen-bond donors (Lipinski definition) is 1. The Morgan fingerprint density at radius 1 is 0.895 bits per heavy atom. The number of methoxy groups -OCH3 is 1. The van der Waals surface area contributed by atoms with Gasteiger partial charge in [0.15, 0.2) is 11.5 Å². The molecule has 1 N–H and O–H groups in total. The summed E-state index contributed by atoms with van der Waals surface area (Å²) in [4.78, 5) is 48.6. The molecule has 0 saturated heterocycles. The first-order valence-corrected chi connectivity index (χ1v) is 13.4. The van der Waals surface area contributed by atoms with E-state index in [0.717, 1.165) is 19.3 Å². The van der Waals surface area contributed by atoms with E-state index < -0.39 is 30.1 Å². The van der Waals surface area contributed by atoms with Crippen LogP contribution in [0.25, 0.3) is 0 Å². The molecule has 0 bridgehead atoms. The number of esters is 3. The van der Waals surface area contributed by atoms with E-state index in [4.69, 9.17) is 23.7 Å². The SMILES string of the molecule is CCCCC(=O)Oc1ccc(C[C@H](NCCOC(=O)OCC(C)CC)C(=O)OC)cc1OC(=O)CCCC. The highest BCUT2D eigenvalue weighted by Gasteiger charge is 2.21. The van der Waals surface area contributed by atoms with E-state index in [1.807, 2.05) is 27.7 Å². The predicted octanol–water partition coefficient (Wildman–Crippen LogP) is 4.75. The average Bonchev–Trinajstić information content (AvgIpc) is 2.91. The van der Waals surface area contributed by atoms with Crippen molar-refractivity contribution < 1.29 is 42.9 Å². The summed E-state index contributed by atoms with van der Waals surface area (Å²) in [6.07, 6.45) is 3.84. The standard InChI is InChI=1S/C28H43NO9/c1-6-9-11-25(30)37-23-14-13-21(18-24(23)38-26(31)12-10-7-2)17-22(27(32)34-5)29-15-16-35-28(33)36-19-20(4)8-3/h13-14,18,20,22,29H,6-12,15-17,19H2,1-5H3/t20?,22-/m0/s1. The van der Waals surface area contributed by atoms with Crippen LogP contribution in [-0.2, 0) is 35.0 Å². The van der Waals surface area contributed by atoms with Gasteiger partial charge in [-0.25, -0.2) is 4.79 Å². The van der Waals surface area contributed by atoms with E-state index in [-0.39, 0.29) is 56.4 Å². The summed E-state index contributed by atoms with van der Waals surface area (Å²) in [5, 5.41) is 3.01. The van der Waals surface area contributed by atoms with Crippen LogP contribution in [0, 0.1) is 5.92 Å². The van der Waals surface area contributed by atoms with Crippen molar-refractivity contribution in [3.8, 4) is 11.5 Å². The van der Waals surface area contributed by atoms with Crippen molar-refractivity contribution in [2.75, 3.05) is 26.9 Å². The van der Waals surface area contributed by atoms with Crippen LogP contribution in [0.4, 0.5) is 4.79 Å². The van der Waals surface area contributed by atoms with Crippen molar-refractivity contribution >= 4 is 24.1 Å². The van der Waals surface area contributed by atoms with Crippen molar-refractivity contribution in [3.05, 3.63) is 23.8 Å². The Balaban J connectivity index is 2.87. The molecule has 1 aromatic rings. The number of benzene rings is 1. The molecule has 0 saturated carbocycles. The quantitative estimate of drug-likeness (QED) is 0.159. The first-order valence-electron chi connectivity index (χ1n) is 13.4. The van der Waals surface area contributed by atoms with Gasteiger partial charge in [0.2, 0.25) is 0 Å². The number of hydrogen-bond acceptors (Lipinski definition) is 10. The first-order chi connectivity index (χ1) is 18.2. The fourth-order valence-corrected chi connectivity index (χ4v) is 3.19. The molecule has 0 spiro atoms. The molecular weight excluding hydrogens is 494 g/mol. The van der Waals surface area contributed by atoms with E-state index in [2.05, 4.69) is 5.32 Å². The Labute approximate surface area is 225 Å². The third-order valence-corrected chi connectivity index (χ3v) is 5.75. The number of carbonyl (C=O) groups excluding carboxylic acids is 4. The van der Waals surface area contributed by atoms with E-state index >= 15 is 0 Å². The molecule has 0 aliphatic carbocycles. The molecule has 1 rings (SSSR count). The molecule has 0 aliphatic rings. The van der Waals surface area contributed by atoms with Crippen molar-refractivity contribution in [1.29, 1.82) is 0 Å². The minimum Gasteiger partial charge on any atom is -0.468 e. The van der Waals surface area contributed by atoms with E-state index in [1.54, 1.807) is 18.2 Å². The van der Waals surface area contributed by atoms with Gasteiger partial charge in [-0.1, -0.05) is 53.0 Å². The molecule has 0 heterocycles. The smallest absolute Gasteiger partial charge is 0.468 e. The van der Waals surface area contributed by atoms with Gasteiger partial charge in [0, 0.05) is 19.4 Å². The van der Waals surface area contributed by atoms with Crippen molar-refractivity contribution in [2.45, 2.75) is 85.1 Å². The summed E-state index contributed by atoms with van der Waals surface area (Å²) in [5.74, 6) is -0.861. The van der Waals surface area contributed by atoms with Gasteiger partial charge in [-0.3, -0.25) is 14.4 Å². The molecular formula is C28H43NO9. The molecule has 38 heavy (non-hydrogen) atoms. The summed E-state index contributed by atoms with van der Waals surface area (Å²) >= 11 is 0. The Morgan fingerprint density at radius 3 is 2.11 bits per heavy atom. The second-order valence-corrected chi connectivity index (χ2v) is 9.09. The summed E-state index contributed by atoms with van der Waals surface area (Å²) < 4.78 is 25.9.